The molecule has 2 aromatic heterocycles. The number of aromatic nitrogens is 3. The van der Waals surface area contributed by atoms with Gasteiger partial charge in [-0.15, -0.1) is 11.3 Å². The van der Waals surface area contributed by atoms with Gasteiger partial charge < -0.3 is 5.32 Å². The normalized spacial score (nSPS) is 13.8. The molecule has 0 aliphatic heterocycles. The Labute approximate surface area is 144 Å². The first kappa shape index (κ1) is 15.1. The van der Waals surface area contributed by atoms with E-state index in [1.807, 2.05) is 47.4 Å². The highest BCUT2D eigenvalue weighted by atomic mass is 32.1. The van der Waals surface area contributed by atoms with Gasteiger partial charge in [0.1, 0.15) is 0 Å². The van der Waals surface area contributed by atoms with Gasteiger partial charge in [-0.05, 0) is 37.0 Å². The fourth-order valence-electron chi connectivity index (χ4n) is 2.56. The van der Waals surface area contributed by atoms with Crippen LogP contribution in [0.25, 0.3) is 5.69 Å². The molecule has 0 radical (unpaired) electrons. The molecule has 3 aromatic rings. The minimum absolute atomic E-state index is 0.000780. The fraction of sp³-hybridized carbons (Fsp3) is 0.278. The van der Waals surface area contributed by atoms with E-state index in [9.17, 15) is 4.79 Å². The number of nitrogens with zero attached hydrogens (tertiary/aromatic N) is 3. The second-order valence-electron chi connectivity index (χ2n) is 6.03. The first-order valence-corrected chi connectivity index (χ1v) is 9.00. The molecule has 4 rings (SSSR count). The third kappa shape index (κ3) is 3.54. The number of rotatable bonds is 6. The lowest BCUT2D eigenvalue weighted by Crippen LogP contribution is -2.12. The van der Waals surface area contributed by atoms with E-state index >= 15 is 0 Å². The molecule has 2 heterocycles. The van der Waals surface area contributed by atoms with Gasteiger partial charge in [0.15, 0.2) is 5.13 Å². The zero-order valence-corrected chi connectivity index (χ0v) is 14.0. The predicted molar refractivity (Wildman–Crippen MR) is 94.6 cm³/mol. The second kappa shape index (κ2) is 6.57. The van der Waals surface area contributed by atoms with E-state index in [4.69, 9.17) is 0 Å². The van der Waals surface area contributed by atoms with Crippen molar-refractivity contribution in [2.75, 3.05) is 5.32 Å². The van der Waals surface area contributed by atoms with Crippen LogP contribution in [-0.2, 0) is 11.2 Å². The molecule has 122 valence electrons. The van der Waals surface area contributed by atoms with Crippen LogP contribution in [0.4, 0.5) is 5.13 Å². The molecular formula is C18H18N4OS. The number of aryl methyl sites for hydroxylation is 1. The Morgan fingerprint density at radius 1 is 1.29 bits per heavy atom. The highest BCUT2D eigenvalue weighted by Gasteiger charge is 2.26. The summed E-state index contributed by atoms with van der Waals surface area (Å²) < 4.78 is 1.83. The molecule has 1 saturated carbocycles. The lowest BCUT2D eigenvalue weighted by molar-refractivity contribution is -0.116. The van der Waals surface area contributed by atoms with Crippen molar-refractivity contribution < 1.29 is 4.79 Å². The lowest BCUT2D eigenvalue weighted by Gasteiger charge is -2.01. The molecule has 1 amide bonds. The predicted octanol–water partition coefficient (Wildman–Crippen LogP) is 3.78. The maximum absolute atomic E-state index is 12.1. The van der Waals surface area contributed by atoms with Gasteiger partial charge in [0.05, 0.1) is 17.6 Å². The molecule has 1 aliphatic carbocycles. The summed E-state index contributed by atoms with van der Waals surface area (Å²) in [5, 5.41) is 10.0. The summed E-state index contributed by atoms with van der Waals surface area (Å²) in [6.07, 6.45) is 7.33. The van der Waals surface area contributed by atoms with E-state index < -0.39 is 0 Å². The number of nitrogens with one attached hydrogen (secondary N) is 1. The van der Waals surface area contributed by atoms with Gasteiger partial charge in [-0.1, -0.05) is 18.2 Å². The quantitative estimate of drug-likeness (QED) is 0.744. The summed E-state index contributed by atoms with van der Waals surface area (Å²) in [5.74, 6) is 0.620. The van der Waals surface area contributed by atoms with E-state index in [-0.39, 0.29) is 5.91 Å². The van der Waals surface area contributed by atoms with Crippen LogP contribution in [0, 0.1) is 0 Å². The maximum atomic E-state index is 12.1. The maximum Gasteiger partial charge on any atom is 0.226 e. The minimum atomic E-state index is -0.000780. The molecule has 0 saturated heterocycles. The zero-order valence-electron chi connectivity index (χ0n) is 13.2. The molecule has 0 unspecified atom stereocenters. The van der Waals surface area contributed by atoms with Gasteiger partial charge in [-0.2, -0.15) is 5.10 Å². The first-order chi connectivity index (χ1) is 11.8. The molecule has 1 aromatic carbocycles. The molecule has 1 fully saturated rings. The summed E-state index contributed by atoms with van der Waals surface area (Å²) in [7, 11) is 0. The summed E-state index contributed by atoms with van der Waals surface area (Å²) in [6.45, 7) is 0. The molecule has 5 nitrogen and oxygen atoms in total. The van der Waals surface area contributed by atoms with Crippen molar-refractivity contribution in [2.45, 2.75) is 31.6 Å². The van der Waals surface area contributed by atoms with Gasteiger partial charge in [0.25, 0.3) is 0 Å². The number of anilines is 1. The molecule has 1 N–H and O–H groups in total. The summed E-state index contributed by atoms with van der Waals surface area (Å²) in [5.41, 5.74) is 3.19. The topological polar surface area (TPSA) is 59.8 Å². The number of para-hydroxylation sites is 1. The number of hydrogen-bond donors (Lipinski definition) is 1. The molecule has 6 heteroatoms. The fourth-order valence-corrected chi connectivity index (χ4v) is 3.37. The van der Waals surface area contributed by atoms with E-state index in [0.29, 0.717) is 23.9 Å². The van der Waals surface area contributed by atoms with Gasteiger partial charge in [-0.25, -0.2) is 9.67 Å². The summed E-state index contributed by atoms with van der Waals surface area (Å²) in [4.78, 5) is 16.6. The Morgan fingerprint density at radius 3 is 2.92 bits per heavy atom. The second-order valence-corrected chi connectivity index (χ2v) is 6.89. The van der Waals surface area contributed by atoms with Crippen LogP contribution in [-0.4, -0.2) is 20.7 Å². The van der Waals surface area contributed by atoms with Crippen molar-refractivity contribution in [3.8, 4) is 5.69 Å². The van der Waals surface area contributed by atoms with Crippen LogP contribution < -0.4 is 5.32 Å². The monoisotopic (exact) mass is 338 g/mol. The Balaban J connectivity index is 1.31. The van der Waals surface area contributed by atoms with Crippen molar-refractivity contribution in [1.82, 2.24) is 14.8 Å². The van der Waals surface area contributed by atoms with Crippen LogP contribution in [0.2, 0.25) is 0 Å². The standard InChI is InChI=1S/C18H18N4OS/c23-17(21-18-20-16(12-24-18)14-7-8-14)9-6-13-10-19-22(11-13)15-4-2-1-3-5-15/h1-5,10-12,14H,6-9H2,(H,20,21,23). The van der Waals surface area contributed by atoms with Crippen molar-refractivity contribution in [2.24, 2.45) is 0 Å². The van der Waals surface area contributed by atoms with Crippen LogP contribution in [0.3, 0.4) is 0 Å². The Hall–Kier alpha value is -2.47. The van der Waals surface area contributed by atoms with Crippen LogP contribution in [0.1, 0.15) is 36.4 Å². The van der Waals surface area contributed by atoms with Crippen molar-refractivity contribution in [3.63, 3.8) is 0 Å². The third-order valence-corrected chi connectivity index (χ3v) is 4.84. The Morgan fingerprint density at radius 2 is 2.12 bits per heavy atom. The van der Waals surface area contributed by atoms with Crippen LogP contribution in [0.15, 0.2) is 48.1 Å². The average molecular weight is 338 g/mol. The van der Waals surface area contributed by atoms with Gasteiger partial charge in [-0.3, -0.25) is 4.79 Å². The van der Waals surface area contributed by atoms with Crippen LogP contribution >= 0.6 is 11.3 Å². The Kier molecular flexibility index (Phi) is 4.13. The van der Waals surface area contributed by atoms with Gasteiger partial charge in [0.2, 0.25) is 5.91 Å². The number of hydrogen-bond acceptors (Lipinski definition) is 4. The van der Waals surface area contributed by atoms with E-state index in [1.54, 1.807) is 0 Å². The van der Waals surface area contributed by atoms with E-state index in [1.165, 1.54) is 24.2 Å². The zero-order chi connectivity index (χ0) is 16.4. The minimum Gasteiger partial charge on any atom is -0.302 e. The Bertz CT molecular complexity index is 836. The summed E-state index contributed by atoms with van der Waals surface area (Å²) >= 11 is 1.51. The largest absolute Gasteiger partial charge is 0.302 e. The average Bonchev–Trinajstić information content (AvgIpc) is 3.17. The lowest BCUT2D eigenvalue weighted by atomic mass is 10.2. The molecule has 0 spiro atoms. The number of carbonyl (C=O) groups excluding carboxylic acids is 1. The molecule has 0 bridgehead atoms. The molecule has 24 heavy (non-hydrogen) atoms. The highest BCUT2D eigenvalue weighted by Crippen LogP contribution is 2.40. The SMILES string of the molecule is O=C(CCc1cnn(-c2ccccc2)c1)Nc1nc(C2CC2)cs1. The highest BCUT2D eigenvalue weighted by molar-refractivity contribution is 7.13. The van der Waals surface area contributed by atoms with Crippen molar-refractivity contribution in [3.05, 3.63) is 59.4 Å². The number of carbonyl (C=O) groups is 1. The number of amides is 1. The molecular weight excluding hydrogens is 320 g/mol. The summed E-state index contributed by atoms with van der Waals surface area (Å²) in [6, 6.07) is 9.94. The van der Waals surface area contributed by atoms with Gasteiger partial charge >= 0.3 is 0 Å². The molecule has 0 atom stereocenters. The van der Waals surface area contributed by atoms with Crippen LogP contribution in [0.5, 0.6) is 0 Å². The first-order valence-electron chi connectivity index (χ1n) is 8.12. The third-order valence-electron chi connectivity index (χ3n) is 4.06. The smallest absolute Gasteiger partial charge is 0.226 e. The number of benzene rings is 1. The van der Waals surface area contributed by atoms with Crippen molar-refractivity contribution in [1.29, 1.82) is 0 Å². The van der Waals surface area contributed by atoms with Crippen molar-refractivity contribution >= 4 is 22.4 Å². The number of thiazole rings is 1. The molecule has 1 aliphatic rings. The van der Waals surface area contributed by atoms with E-state index in [2.05, 4.69) is 20.8 Å². The van der Waals surface area contributed by atoms with Gasteiger partial charge in [0, 0.05) is 23.9 Å². The van der Waals surface area contributed by atoms with E-state index in [0.717, 1.165) is 16.9 Å².